The van der Waals surface area contributed by atoms with E-state index in [0.29, 0.717) is 17.8 Å². The lowest BCUT2D eigenvalue weighted by molar-refractivity contribution is 0.362. The van der Waals surface area contributed by atoms with Gasteiger partial charge in [-0.25, -0.2) is 0 Å². The third-order valence-electron chi connectivity index (χ3n) is 12.6. The number of rotatable bonds is 8. The van der Waals surface area contributed by atoms with Crippen LogP contribution in [0, 0.1) is 11.8 Å². The maximum Gasteiger partial charge on any atom is 0.0778 e. The number of benzene rings is 7. The van der Waals surface area contributed by atoms with Crippen LogP contribution in [0.5, 0.6) is 0 Å². The van der Waals surface area contributed by atoms with Crippen molar-refractivity contribution in [2.24, 2.45) is 21.8 Å². The number of allylic oxidation sites excluding steroid dienone is 3. The molecule has 2 aliphatic rings. The lowest BCUT2D eigenvalue weighted by atomic mass is 9.73. The van der Waals surface area contributed by atoms with E-state index in [-0.39, 0.29) is 6.04 Å². The van der Waals surface area contributed by atoms with Crippen molar-refractivity contribution in [3.8, 4) is 11.1 Å². The van der Waals surface area contributed by atoms with E-state index < -0.39 is 0 Å². The molecular weight excluding hydrogens is 713 g/mol. The molecule has 2 nitrogen and oxygen atoms in total. The molecule has 290 valence electrons. The molecule has 0 spiro atoms. The molecule has 2 aliphatic heterocycles. The Bertz CT molecular complexity index is 2640. The number of hydrogen-bond acceptors (Lipinski definition) is 2. The molecule has 7 aromatic carbocycles. The highest BCUT2D eigenvalue weighted by Gasteiger charge is 2.33. The molecule has 0 aromatic heterocycles. The van der Waals surface area contributed by atoms with Gasteiger partial charge in [0.25, 0.3) is 0 Å². The lowest BCUT2D eigenvalue weighted by Gasteiger charge is -2.35. The van der Waals surface area contributed by atoms with Crippen LogP contribution in [0.4, 0.5) is 0 Å². The van der Waals surface area contributed by atoms with Crippen LogP contribution in [-0.2, 0) is 0 Å². The minimum Gasteiger partial charge on any atom is -0.280 e. The van der Waals surface area contributed by atoms with Gasteiger partial charge in [0.1, 0.15) is 0 Å². The Kier molecular flexibility index (Phi) is 11.4. The molecule has 0 radical (unpaired) electrons. The van der Waals surface area contributed by atoms with Crippen LogP contribution in [0.15, 0.2) is 204 Å². The second kappa shape index (κ2) is 17.6. The summed E-state index contributed by atoms with van der Waals surface area (Å²) in [6.07, 6.45) is 9.75. The highest BCUT2D eigenvalue weighted by molar-refractivity contribution is 6.15. The summed E-state index contributed by atoms with van der Waals surface area (Å²) in [5, 5.41) is 2.48. The maximum absolute atomic E-state index is 5.76. The van der Waals surface area contributed by atoms with Crippen LogP contribution >= 0.6 is 0 Å². The molecule has 0 N–H and O–H groups in total. The Hall–Kier alpha value is -6.38. The zero-order chi connectivity index (χ0) is 40.0. The fourth-order valence-corrected chi connectivity index (χ4v) is 9.49. The van der Waals surface area contributed by atoms with E-state index in [1.54, 1.807) is 0 Å². The predicted molar refractivity (Wildman–Crippen MR) is 251 cm³/mol. The Morgan fingerprint density at radius 1 is 0.525 bits per heavy atom. The first kappa shape index (κ1) is 38.2. The highest BCUT2D eigenvalue weighted by atomic mass is 14.8. The first-order valence-electron chi connectivity index (χ1n) is 21.6. The number of aliphatic imine (C=N–C) groups is 2. The van der Waals surface area contributed by atoms with Crippen molar-refractivity contribution < 1.29 is 0 Å². The predicted octanol–water partition coefficient (Wildman–Crippen LogP) is 15.0. The molecule has 2 heterocycles. The molecule has 4 atom stereocenters. The lowest BCUT2D eigenvalue weighted by Crippen LogP contribution is -2.28. The zero-order valence-electron chi connectivity index (χ0n) is 34.2. The molecule has 0 amide bonds. The van der Waals surface area contributed by atoms with E-state index in [9.17, 15) is 0 Å². The van der Waals surface area contributed by atoms with Crippen molar-refractivity contribution in [1.29, 1.82) is 0 Å². The number of nitrogens with zero attached hydrogens (tertiary/aromatic N) is 2. The van der Waals surface area contributed by atoms with E-state index in [4.69, 9.17) is 9.98 Å². The molecule has 0 saturated heterocycles. The van der Waals surface area contributed by atoms with E-state index in [1.165, 1.54) is 61.0 Å². The third-order valence-corrected chi connectivity index (χ3v) is 12.6. The summed E-state index contributed by atoms with van der Waals surface area (Å²) >= 11 is 0. The van der Waals surface area contributed by atoms with Gasteiger partial charge in [0, 0.05) is 28.5 Å². The quantitative estimate of drug-likeness (QED) is 0.147. The van der Waals surface area contributed by atoms with Gasteiger partial charge in [-0.05, 0) is 99.7 Å². The fraction of sp³-hybridized carbons (Fsp3) is 0.193. The van der Waals surface area contributed by atoms with Crippen molar-refractivity contribution in [2.45, 2.75) is 57.9 Å². The Balaban J connectivity index is 1.07. The van der Waals surface area contributed by atoms with Gasteiger partial charge >= 0.3 is 0 Å². The van der Waals surface area contributed by atoms with Crippen LogP contribution in [-0.4, -0.2) is 11.4 Å². The smallest absolute Gasteiger partial charge is 0.0778 e. The maximum atomic E-state index is 5.76. The first-order valence-corrected chi connectivity index (χ1v) is 21.6. The van der Waals surface area contributed by atoms with Gasteiger partial charge < -0.3 is 0 Å². The third kappa shape index (κ3) is 8.18. The zero-order valence-corrected chi connectivity index (χ0v) is 34.2. The van der Waals surface area contributed by atoms with E-state index in [1.807, 2.05) is 0 Å². The molecule has 9 rings (SSSR count). The van der Waals surface area contributed by atoms with Gasteiger partial charge in [0.15, 0.2) is 0 Å². The topological polar surface area (TPSA) is 24.7 Å². The largest absolute Gasteiger partial charge is 0.280 e. The minimum atomic E-state index is 0.0878. The molecule has 59 heavy (non-hydrogen) atoms. The Morgan fingerprint density at radius 3 is 1.76 bits per heavy atom. The van der Waals surface area contributed by atoms with Crippen LogP contribution in [0.2, 0.25) is 0 Å². The fourth-order valence-electron chi connectivity index (χ4n) is 9.49. The molecule has 0 fully saturated rings. The second-order valence-corrected chi connectivity index (χ2v) is 16.3. The molecule has 0 saturated carbocycles. The van der Waals surface area contributed by atoms with Gasteiger partial charge in [0.05, 0.1) is 11.7 Å². The van der Waals surface area contributed by atoms with Crippen LogP contribution in [0.3, 0.4) is 0 Å². The Labute approximate surface area is 350 Å². The van der Waals surface area contributed by atoms with Crippen molar-refractivity contribution >= 4 is 33.5 Å². The summed E-state index contributed by atoms with van der Waals surface area (Å²) in [6.45, 7) is 4.74. The minimum absolute atomic E-state index is 0.0878. The molecule has 7 aromatic rings. The summed E-state index contributed by atoms with van der Waals surface area (Å²) in [5.41, 5.74) is 14.5. The summed E-state index contributed by atoms with van der Waals surface area (Å²) in [5.74, 6) is 1.20. The Morgan fingerprint density at radius 2 is 1.10 bits per heavy atom. The molecule has 0 aliphatic carbocycles. The monoisotopic (exact) mass is 764 g/mol. The van der Waals surface area contributed by atoms with Gasteiger partial charge in [-0.3, -0.25) is 9.98 Å². The number of hydrogen-bond donors (Lipinski definition) is 0. The first-order chi connectivity index (χ1) is 29.1. The molecule has 2 heteroatoms. The standard InChI is InChI=1S/C57H52N2/c1-3-48-49(42-21-10-5-11-22-42)36-31-40(2)56(59-57(48)45-25-14-7-15-26-45)46-34-32-43(33-35-46)50-37-38-53(52-29-17-16-28-51(50)52)54-30-18-27-47(41-19-8-4-9-20-41)39-55(58-54)44-23-12-6-13-24-44/h4-17,19-29,32-35,37-40,48-49,56H,3,18,30-31,36H2,1-2H3/b47-27+,55-39-,58-54?,59-57?. The average molecular weight is 765 g/mol. The SMILES string of the molecule is CCC1C(c2ccccc2)=NC(c2ccc(-c3ccc(C4=N/C(c5ccccc5)=C\C(c5ccccc5)=C/CC4)c4ccccc34)cc2)C(C)CCC1c1ccccc1. The van der Waals surface area contributed by atoms with Crippen molar-refractivity contribution in [3.05, 3.63) is 228 Å². The summed E-state index contributed by atoms with van der Waals surface area (Å²) in [7, 11) is 0. The summed E-state index contributed by atoms with van der Waals surface area (Å²) < 4.78 is 0. The summed E-state index contributed by atoms with van der Waals surface area (Å²) in [4.78, 5) is 11.2. The number of fused-ring (bicyclic) bond motifs is 1. The van der Waals surface area contributed by atoms with Crippen LogP contribution < -0.4 is 0 Å². The van der Waals surface area contributed by atoms with Gasteiger partial charge in [-0.15, -0.1) is 0 Å². The van der Waals surface area contributed by atoms with Gasteiger partial charge in [-0.2, -0.15) is 0 Å². The normalized spacial score (nSPS) is 21.7. The molecule has 4 unspecified atom stereocenters. The highest BCUT2D eigenvalue weighted by Crippen LogP contribution is 2.43. The van der Waals surface area contributed by atoms with Crippen molar-refractivity contribution in [1.82, 2.24) is 0 Å². The van der Waals surface area contributed by atoms with E-state index in [2.05, 4.69) is 208 Å². The van der Waals surface area contributed by atoms with Crippen LogP contribution in [0.1, 0.15) is 91.3 Å². The van der Waals surface area contributed by atoms with Crippen molar-refractivity contribution in [3.63, 3.8) is 0 Å². The van der Waals surface area contributed by atoms with Gasteiger partial charge in [0.2, 0.25) is 0 Å². The van der Waals surface area contributed by atoms with E-state index in [0.717, 1.165) is 49.1 Å². The molecule has 0 bridgehead atoms. The van der Waals surface area contributed by atoms with E-state index >= 15 is 0 Å². The summed E-state index contributed by atoms with van der Waals surface area (Å²) in [6, 6.07) is 66.2. The second-order valence-electron chi connectivity index (χ2n) is 16.3. The average Bonchev–Trinajstić information content (AvgIpc) is 3.29. The molecular formula is C57H52N2. The van der Waals surface area contributed by atoms with Crippen LogP contribution in [0.25, 0.3) is 33.2 Å². The van der Waals surface area contributed by atoms with Crippen molar-refractivity contribution in [2.75, 3.05) is 0 Å². The van der Waals surface area contributed by atoms with Gasteiger partial charge in [-0.1, -0.05) is 202 Å².